The van der Waals surface area contributed by atoms with E-state index in [-0.39, 0.29) is 12.3 Å². The average molecular weight is 384 g/mol. The predicted octanol–water partition coefficient (Wildman–Crippen LogP) is 5.03. The van der Waals surface area contributed by atoms with E-state index < -0.39 is 5.97 Å². The topological polar surface area (TPSA) is 77.2 Å². The third kappa shape index (κ3) is 3.87. The first-order valence-electron chi connectivity index (χ1n) is 6.88. The molecule has 1 N–H and O–H groups in total. The van der Waals surface area contributed by atoms with Crippen LogP contribution in [0.3, 0.4) is 0 Å². The number of carbonyl (C=O) groups is 1. The molecular weight excluding hydrogens is 373 g/mol. The van der Waals surface area contributed by atoms with E-state index in [9.17, 15) is 4.79 Å². The van der Waals surface area contributed by atoms with Crippen LogP contribution < -0.4 is 5.32 Å². The van der Waals surface area contributed by atoms with Gasteiger partial charge in [-0.2, -0.15) is 0 Å². The summed E-state index contributed by atoms with van der Waals surface area (Å²) in [6.07, 6.45) is 0. The van der Waals surface area contributed by atoms with E-state index in [4.69, 9.17) is 32.5 Å². The van der Waals surface area contributed by atoms with Crippen molar-refractivity contribution in [2.45, 2.75) is 6.92 Å². The molecule has 24 heavy (non-hydrogen) atoms. The van der Waals surface area contributed by atoms with Gasteiger partial charge < -0.3 is 14.6 Å². The first-order chi connectivity index (χ1) is 11.5. The van der Waals surface area contributed by atoms with Gasteiger partial charge in [-0.1, -0.05) is 28.4 Å². The molecule has 0 saturated carbocycles. The SMILES string of the molecule is CCOC(=O)c1cc(-c2csc(Nc3cc(Cl)cc(Cl)c3)n2)on1. The number of nitrogens with zero attached hydrogens (tertiary/aromatic N) is 2. The summed E-state index contributed by atoms with van der Waals surface area (Å²) in [6, 6.07) is 6.61. The summed E-state index contributed by atoms with van der Waals surface area (Å²) >= 11 is 13.3. The summed E-state index contributed by atoms with van der Waals surface area (Å²) in [5, 5.41) is 10.3. The van der Waals surface area contributed by atoms with Crippen molar-refractivity contribution in [2.75, 3.05) is 11.9 Å². The van der Waals surface area contributed by atoms with E-state index in [0.29, 0.717) is 26.6 Å². The first kappa shape index (κ1) is 16.8. The lowest BCUT2D eigenvalue weighted by molar-refractivity contribution is 0.0514. The number of hydrogen-bond acceptors (Lipinski definition) is 7. The van der Waals surface area contributed by atoms with Crippen molar-refractivity contribution in [3.63, 3.8) is 0 Å². The summed E-state index contributed by atoms with van der Waals surface area (Å²) in [7, 11) is 0. The van der Waals surface area contributed by atoms with Crippen molar-refractivity contribution in [3.05, 3.63) is 45.4 Å². The number of nitrogens with one attached hydrogen (secondary N) is 1. The normalized spacial score (nSPS) is 10.6. The van der Waals surface area contributed by atoms with Crippen LogP contribution in [0.1, 0.15) is 17.4 Å². The van der Waals surface area contributed by atoms with E-state index >= 15 is 0 Å². The molecule has 0 amide bonds. The van der Waals surface area contributed by atoms with Crippen molar-refractivity contribution in [2.24, 2.45) is 0 Å². The molecule has 0 atom stereocenters. The van der Waals surface area contributed by atoms with Gasteiger partial charge in [0.2, 0.25) is 0 Å². The van der Waals surface area contributed by atoms with Crippen molar-refractivity contribution in [3.8, 4) is 11.5 Å². The van der Waals surface area contributed by atoms with Gasteiger partial charge in [-0.3, -0.25) is 0 Å². The number of benzene rings is 1. The fourth-order valence-electron chi connectivity index (χ4n) is 1.89. The average Bonchev–Trinajstić information content (AvgIpc) is 3.15. The van der Waals surface area contributed by atoms with Gasteiger partial charge in [0.15, 0.2) is 16.6 Å². The van der Waals surface area contributed by atoms with Crippen molar-refractivity contribution in [1.82, 2.24) is 10.1 Å². The summed E-state index contributed by atoms with van der Waals surface area (Å²) in [6.45, 7) is 1.99. The van der Waals surface area contributed by atoms with Gasteiger partial charge >= 0.3 is 5.97 Å². The van der Waals surface area contributed by atoms with Crippen LogP contribution in [0.15, 0.2) is 34.2 Å². The standard InChI is InChI=1S/C15H11Cl2N3O3S/c1-2-22-14(21)11-6-13(23-20-11)12-7-24-15(19-12)18-10-4-8(16)3-9(17)5-10/h3-7H,2H2,1H3,(H,18,19). The molecule has 0 saturated heterocycles. The number of esters is 1. The van der Waals surface area contributed by atoms with Gasteiger partial charge in [0.1, 0.15) is 5.69 Å². The maximum absolute atomic E-state index is 11.6. The van der Waals surface area contributed by atoms with Crippen LogP contribution in [0.25, 0.3) is 11.5 Å². The molecule has 0 spiro atoms. The molecular formula is C15H11Cl2N3O3S. The van der Waals surface area contributed by atoms with Gasteiger partial charge in [-0.05, 0) is 25.1 Å². The summed E-state index contributed by atoms with van der Waals surface area (Å²) in [5.74, 6) is -0.152. The lowest BCUT2D eigenvalue weighted by Crippen LogP contribution is -2.04. The summed E-state index contributed by atoms with van der Waals surface area (Å²) in [5.41, 5.74) is 1.38. The van der Waals surface area contributed by atoms with Gasteiger partial charge in [0, 0.05) is 27.2 Å². The molecule has 6 nitrogen and oxygen atoms in total. The van der Waals surface area contributed by atoms with E-state index in [1.165, 1.54) is 17.4 Å². The van der Waals surface area contributed by atoms with Crippen LogP contribution in [0, 0.1) is 0 Å². The Morgan fingerprint density at radius 3 is 2.75 bits per heavy atom. The lowest BCUT2D eigenvalue weighted by Gasteiger charge is -2.03. The minimum Gasteiger partial charge on any atom is -0.461 e. The second-order valence-electron chi connectivity index (χ2n) is 4.62. The Labute approximate surface area is 151 Å². The van der Waals surface area contributed by atoms with Gasteiger partial charge in [-0.15, -0.1) is 11.3 Å². The molecule has 2 heterocycles. The summed E-state index contributed by atoms with van der Waals surface area (Å²) in [4.78, 5) is 16.0. The van der Waals surface area contributed by atoms with E-state index in [0.717, 1.165) is 5.69 Å². The Kier molecular flexibility index (Phi) is 5.03. The van der Waals surface area contributed by atoms with E-state index in [1.54, 1.807) is 30.5 Å². The highest BCUT2D eigenvalue weighted by Gasteiger charge is 2.16. The molecule has 0 bridgehead atoms. The van der Waals surface area contributed by atoms with E-state index in [1.807, 2.05) is 0 Å². The van der Waals surface area contributed by atoms with Crippen LogP contribution in [0.4, 0.5) is 10.8 Å². The molecule has 0 aliphatic carbocycles. The van der Waals surface area contributed by atoms with Crippen LogP contribution in [-0.4, -0.2) is 22.7 Å². The first-order valence-corrected chi connectivity index (χ1v) is 8.51. The number of aromatic nitrogens is 2. The Morgan fingerprint density at radius 1 is 1.29 bits per heavy atom. The quantitative estimate of drug-likeness (QED) is 0.622. The Balaban J connectivity index is 1.77. The number of ether oxygens (including phenoxy) is 1. The van der Waals surface area contributed by atoms with Crippen LogP contribution >= 0.6 is 34.5 Å². The molecule has 1 aromatic carbocycles. The maximum Gasteiger partial charge on any atom is 0.360 e. The van der Waals surface area contributed by atoms with E-state index in [2.05, 4.69) is 15.5 Å². The van der Waals surface area contributed by atoms with Crippen LogP contribution in [0.5, 0.6) is 0 Å². The van der Waals surface area contributed by atoms with Crippen LogP contribution in [-0.2, 0) is 4.74 Å². The largest absolute Gasteiger partial charge is 0.461 e. The highest BCUT2D eigenvalue weighted by molar-refractivity contribution is 7.14. The molecule has 2 aromatic heterocycles. The predicted molar refractivity (Wildman–Crippen MR) is 93.3 cm³/mol. The lowest BCUT2D eigenvalue weighted by atomic mass is 10.3. The maximum atomic E-state index is 11.6. The highest BCUT2D eigenvalue weighted by Crippen LogP contribution is 2.30. The molecule has 0 radical (unpaired) electrons. The molecule has 3 aromatic rings. The zero-order valence-corrected chi connectivity index (χ0v) is 14.7. The molecule has 0 aliphatic rings. The Hall–Kier alpha value is -2.09. The number of halogens is 2. The Bertz CT molecular complexity index is 858. The van der Waals surface area contributed by atoms with Crippen LogP contribution in [0.2, 0.25) is 10.0 Å². The fraction of sp³-hybridized carbons (Fsp3) is 0.133. The molecule has 3 rings (SSSR count). The number of hydrogen-bond donors (Lipinski definition) is 1. The number of anilines is 2. The van der Waals surface area contributed by atoms with Crippen molar-refractivity contribution in [1.29, 1.82) is 0 Å². The van der Waals surface area contributed by atoms with Gasteiger partial charge in [-0.25, -0.2) is 9.78 Å². The van der Waals surface area contributed by atoms with Crippen molar-refractivity contribution >= 4 is 51.3 Å². The molecule has 124 valence electrons. The third-order valence-corrected chi connectivity index (χ3v) is 4.06. The summed E-state index contributed by atoms with van der Waals surface area (Å²) < 4.78 is 10.0. The number of rotatable bonds is 5. The molecule has 0 aliphatic heterocycles. The second-order valence-corrected chi connectivity index (χ2v) is 6.35. The highest BCUT2D eigenvalue weighted by atomic mass is 35.5. The minimum atomic E-state index is -0.533. The van der Waals surface area contributed by atoms with Gasteiger partial charge in [0.05, 0.1) is 6.61 Å². The van der Waals surface area contributed by atoms with Crippen molar-refractivity contribution < 1.29 is 14.1 Å². The Morgan fingerprint density at radius 2 is 2.04 bits per heavy atom. The van der Waals surface area contributed by atoms with Gasteiger partial charge in [0.25, 0.3) is 0 Å². The zero-order valence-electron chi connectivity index (χ0n) is 12.4. The monoisotopic (exact) mass is 383 g/mol. The number of carbonyl (C=O) groups excluding carboxylic acids is 1. The minimum absolute atomic E-state index is 0.107. The zero-order chi connectivity index (χ0) is 17.1. The fourth-order valence-corrected chi connectivity index (χ4v) is 3.14. The molecule has 0 unspecified atom stereocenters. The third-order valence-electron chi connectivity index (χ3n) is 2.87. The number of thiazole rings is 1. The molecule has 0 fully saturated rings. The smallest absolute Gasteiger partial charge is 0.360 e. The molecule has 9 heteroatoms. The second kappa shape index (κ2) is 7.21.